The van der Waals surface area contributed by atoms with E-state index in [1.165, 1.54) is 16.4 Å². The number of rotatable bonds is 2. The molecule has 1 unspecified atom stereocenters. The van der Waals surface area contributed by atoms with Crippen LogP contribution in [0.1, 0.15) is 12.5 Å². The van der Waals surface area contributed by atoms with Gasteiger partial charge >= 0.3 is 0 Å². The Morgan fingerprint density at radius 2 is 2.28 bits per heavy atom. The fraction of sp³-hybridized carbons (Fsp3) is 0.417. The van der Waals surface area contributed by atoms with Gasteiger partial charge in [-0.3, -0.25) is 0 Å². The lowest BCUT2D eigenvalue weighted by molar-refractivity contribution is 0.0102. The average molecular weight is 266 g/mol. The molecule has 1 fully saturated rings. The number of sulfonamides is 1. The van der Waals surface area contributed by atoms with E-state index in [2.05, 4.69) is 0 Å². The van der Waals surface area contributed by atoms with Gasteiger partial charge in [-0.1, -0.05) is 6.07 Å². The zero-order valence-electron chi connectivity index (χ0n) is 10.0. The van der Waals surface area contributed by atoms with Gasteiger partial charge in [-0.05, 0) is 25.1 Å². The van der Waals surface area contributed by atoms with Crippen LogP contribution < -0.4 is 0 Å². The number of hydrogen-bond donors (Lipinski definition) is 0. The van der Waals surface area contributed by atoms with Gasteiger partial charge in [0, 0.05) is 13.1 Å². The maximum absolute atomic E-state index is 12.4. The molecule has 0 spiro atoms. The van der Waals surface area contributed by atoms with Gasteiger partial charge in [0.05, 0.1) is 29.2 Å². The molecule has 0 bridgehead atoms. The Morgan fingerprint density at radius 3 is 2.94 bits per heavy atom. The molecule has 0 N–H and O–H groups in total. The molecule has 96 valence electrons. The molecule has 0 aliphatic carbocycles. The monoisotopic (exact) mass is 266 g/mol. The van der Waals surface area contributed by atoms with Crippen molar-refractivity contribution in [1.29, 1.82) is 5.26 Å². The van der Waals surface area contributed by atoms with E-state index in [4.69, 9.17) is 10.00 Å². The van der Waals surface area contributed by atoms with Crippen molar-refractivity contribution in [2.45, 2.75) is 17.9 Å². The van der Waals surface area contributed by atoms with E-state index in [0.29, 0.717) is 25.3 Å². The van der Waals surface area contributed by atoms with E-state index in [0.717, 1.165) is 0 Å². The second kappa shape index (κ2) is 5.06. The minimum absolute atomic E-state index is 0.104. The van der Waals surface area contributed by atoms with Crippen molar-refractivity contribution < 1.29 is 13.2 Å². The van der Waals surface area contributed by atoms with Gasteiger partial charge in [-0.2, -0.15) is 9.57 Å². The molecule has 1 saturated heterocycles. The predicted octanol–water partition coefficient (Wildman–Crippen LogP) is 0.968. The number of benzene rings is 1. The molecule has 18 heavy (non-hydrogen) atoms. The first-order valence-corrected chi connectivity index (χ1v) is 7.10. The summed E-state index contributed by atoms with van der Waals surface area (Å²) in [5.74, 6) is 0. The van der Waals surface area contributed by atoms with E-state index in [1.807, 2.05) is 13.0 Å². The molecule has 0 saturated carbocycles. The van der Waals surface area contributed by atoms with Gasteiger partial charge in [0.15, 0.2) is 0 Å². The zero-order chi connectivity index (χ0) is 13.2. The Morgan fingerprint density at radius 1 is 1.50 bits per heavy atom. The van der Waals surface area contributed by atoms with Crippen molar-refractivity contribution in [3.63, 3.8) is 0 Å². The summed E-state index contributed by atoms with van der Waals surface area (Å²) in [7, 11) is -3.53. The van der Waals surface area contributed by atoms with Crippen LogP contribution in [0.15, 0.2) is 29.2 Å². The van der Waals surface area contributed by atoms with Crippen LogP contribution in [0.3, 0.4) is 0 Å². The zero-order valence-corrected chi connectivity index (χ0v) is 10.9. The highest BCUT2D eigenvalue weighted by Crippen LogP contribution is 2.19. The largest absolute Gasteiger partial charge is 0.376 e. The molecule has 1 aromatic rings. The molecule has 1 aliphatic rings. The van der Waals surface area contributed by atoms with Crippen LogP contribution in [0, 0.1) is 11.3 Å². The Kier molecular flexibility index (Phi) is 3.66. The Balaban J connectivity index is 2.33. The standard InChI is InChI=1S/C12H14N2O3S/c1-10-9-14(5-6-17-10)18(15,16)12-4-2-3-11(7-12)8-13/h2-4,7,10H,5-6,9H2,1H3. The molecule has 0 amide bonds. The van der Waals surface area contributed by atoms with Gasteiger partial charge < -0.3 is 4.74 Å². The third-order valence-electron chi connectivity index (χ3n) is 2.80. The lowest BCUT2D eigenvalue weighted by atomic mass is 10.2. The third-order valence-corrected chi connectivity index (χ3v) is 4.67. The topological polar surface area (TPSA) is 70.4 Å². The van der Waals surface area contributed by atoms with Crippen molar-refractivity contribution >= 4 is 10.0 Å². The van der Waals surface area contributed by atoms with Crippen molar-refractivity contribution in [3.05, 3.63) is 29.8 Å². The second-order valence-corrected chi connectivity index (χ2v) is 6.12. The fourth-order valence-corrected chi connectivity index (χ4v) is 3.43. The van der Waals surface area contributed by atoms with E-state index in [9.17, 15) is 8.42 Å². The number of ether oxygens (including phenoxy) is 1. The Labute approximate surface area is 107 Å². The van der Waals surface area contributed by atoms with E-state index >= 15 is 0 Å². The average Bonchev–Trinajstić information content (AvgIpc) is 2.39. The summed E-state index contributed by atoms with van der Waals surface area (Å²) >= 11 is 0. The third kappa shape index (κ3) is 2.53. The first-order chi connectivity index (χ1) is 8.54. The summed E-state index contributed by atoms with van der Waals surface area (Å²) in [6.45, 7) is 2.94. The first kappa shape index (κ1) is 13.0. The van der Waals surface area contributed by atoms with Crippen LogP contribution in [0.5, 0.6) is 0 Å². The summed E-state index contributed by atoms with van der Waals surface area (Å²) in [6.07, 6.45) is -0.104. The molecule has 5 nitrogen and oxygen atoms in total. The highest BCUT2D eigenvalue weighted by molar-refractivity contribution is 7.89. The molecule has 2 rings (SSSR count). The van der Waals surface area contributed by atoms with Crippen LogP contribution in [-0.2, 0) is 14.8 Å². The quantitative estimate of drug-likeness (QED) is 0.799. The molecule has 1 heterocycles. The molecule has 0 radical (unpaired) electrons. The van der Waals surface area contributed by atoms with Crippen molar-refractivity contribution in [3.8, 4) is 6.07 Å². The van der Waals surface area contributed by atoms with Crippen LogP contribution in [0.2, 0.25) is 0 Å². The highest BCUT2D eigenvalue weighted by atomic mass is 32.2. The van der Waals surface area contributed by atoms with Crippen LogP contribution in [0.25, 0.3) is 0 Å². The molecule has 6 heteroatoms. The van der Waals surface area contributed by atoms with E-state index in [-0.39, 0.29) is 11.0 Å². The van der Waals surface area contributed by atoms with Crippen molar-refractivity contribution in [2.75, 3.05) is 19.7 Å². The summed E-state index contributed by atoms with van der Waals surface area (Å²) in [4.78, 5) is 0.163. The molecular formula is C12H14N2O3S. The van der Waals surface area contributed by atoms with Gasteiger partial charge in [0.2, 0.25) is 10.0 Å². The summed E-state index contributed by atoms with van der Waals surface area (Å²) < 4.78 is 31.4. The molecule has 0 aromatic heterocycles. The van der Waals surface area contributed by atoms with Gasteiger partial charge in [-0.15, -0.1) is 0 Å². The molecule has 1 atom stereocenters. The van der Waals surface area contributed by atoms with Crippen molar-refractivity contribution in [1.82, 2.24) is 4.31 Å². The first-order valence-electron chi connectivity index (χ1n) is 5.66. The lowest BCUT2D eigenvalue weighted by Gasteiger charge is -2.30. The minimum atomic E-state index is -3.53. The summed E-state index contributed by atoms with van der Waals surface area (Å²) in [5.41, 5.74) is 0.345. The maximum atomic E-state index is 12.4. The smallest absolute Gasteiger partial charge is 0.243 e. The van der Waals surface area contributed by atoms with E-state index < -0.39 is 10.0 Å². The lowest BCUT2D eigenvalue weighted by Crippen LogP contribution is -2.44. The van der Waals surface area contributed by atoms with Crippen molar-refractivity contribution in [2.24, 2.45) is 0 Å². The van der Waals surface area contributed by atoms with Gasteiger partial charge in [-0.25, -0.2) is 8.42 Å². The number of hydrogen-bond acceptors (Lipinski definition) is 4. The Hall–Kier alpha value is -1.42. The van der Waals surface area contributed by atoms with Crippen LogP contribution in [-0.4, -0.2) is 38.5 Å². The molecular weight excluding hydrogens is 252 g/mol. The Bertz CT molecular complexity index is 577. The highest BCUT2D eigenvalue weighted by Gasteiger charge is 2.29. The van der Waals surface area contributed by atoms with Crippen LogP contribution in [0.4, 0.5) is 0 Å². The fourth-order valence-electron chi connectivity index (χ4n) is 1.88. The summed E-state index contributed by atoms with van der Waals surface area (Å²) in [6, 6.07) is 8.01. The number of nitriles is 1. The number of nitrogens with zero attached hydrogens (tertiary/aromatic N) is 2. The van der Waals surface area contributed by atoms with E-state index in [1.54, 1.807) is 12.1 Å². The molecule has 1 aromatic carbocycles. The van der Waals surface area contributed by atoms with Gasteiger partial charge in [0.1, 0.15) is 0 Å². The minimum Gasteiger partial charge on any atom is -0.376 e. The maximum Gasteiger partial charge on any atom is 0.243 e. The second-order valence-electron chi connectivity index (χ2n) is 4.18. The van der Waals surface area contributed by atoms with Gasteiger partial charge in [0.25, 0.3) is 0 Å². The summed E-state index contributed by atoms with van der Waals surface area (Å²) in [5, 5.41) is 8.80. The SMILES string of the molecule is CC1CN(S(=O)(=O)c2cccc(C#N)c2)CCO1. The number of morpholine rings is 1. The predicted molar refractivity (Wildman–Crippen MR) is 65.3 cm³/mol. The molecule has 1 aliphatic heterocycles. The van der Waals surface area contributed by atoms with Crippen LogP contribution >= 0.6 is 0 Å². The normalized spacial score (nSPS) is 21.4.